The average Bonchev–Trinajstić information content (AvgIpc) is 2.09. The van der Waals surface area contributed by atoms with Crippen molar-refractivity contribution in [2.24, 2.45) is 0 Å². The van der Waals surface area contributed by atoms with Gasteiger partial charge >= 0.3 is 0 Å². The van der Waals surface area contributed by atoms with E-state index in [1.54, 1.807) is 12.1 Å². The molecule has 0 aromatic heterocycles. The van der Waals surface area contributed by atoms with Gasteiger partial charge in [0.1, 0.15) is 0 Å². The number of nitrogens with one attached hydrogen (secondary N) is 1. The molecular weight excluding hydrogens is 300 g/mol. The van der Waals surface area contributed by atoms with Crippen LogP contribution >= 0.6 is 34.2 Å². The summed E-state index contributed by atoms with van der Waals surface area (Å²) in [6, 6.07) is 7.20. The van der Waals surface area contributed by atoms with Crippen LogP contribution in [0.3, 0.4) is 0 Å². The van der Waals surface area contributed by atoms with Crippen molar-refractivity contribution in [2.45, 2.75) is 6.42 Å². The third kappa shape index (κ3) is 3.52. The van der Waals surface area contributed by atoms with Crippen molar-refractivity contribution in [2.75, 3.05) is 9.74 Å². The van der Waals surface area contributed by atoms with Crippen LogP contribution in [0.25, 0.3) is 0 Å². The summed E-state index contributed by atoms with van der Waals surface area (Å²) in [7, 11) is 0. The number of benzene rings is 1. The van der Waals surface area contributed by atoms with Crippen molar-refractivity contribution in [1.29, 1.82) is 0 Å². The zero-order valence-electron chi connectivity index (χ0n) is 6.89. The molecule has 0 unspecified atom stereocenters. The van der Waals surface area contributed by atoms with Crippen molar-refractivity contribution in [3.05, 3.63) is 29.3 Å². The topological polar surface area (TPSA) is 29.1 Å². The second-order valence-electron chi connectivity index (χ2n) is 2.47. The van der Waals surface area contributed by atoms with E-state index in [2.05, 4.69) is 27.9 Å². The molecule has 1 rings (SSSR count). The number of carbonyl (C=O) groups is 1. The molecule has 0 aliphatic rings. The van der Waals surface area contributed by atoms with Gasteiger partial charge in [-0.1, -0.05) is 46.3 Å². The van der Waals surface area contributed by atoms with Gasteiger partial charge < -0.3 is 5.32 Å². The van der Waals surface area contributed by atoms with Crippen LogP contribution in [0.15, 0.2) is 24.3 Å². The molecule has 4 heteroatoms. The number of halogens is 2. The molecule has 70 valence electrons. The zero-order chi connectivity index (χ0) is 9.68. The Labute approximate surface area is 95.8 Å². The molecule has 0 atom stereocenters. The highest BCUT2D eigenvalue weighted by Gasteiger charge is 2.03. The summed E-state index contributed by atoms with van der Waals surface area (Å²) in [5.74, 6) is 0.00231. The molecule has 0 radical (unpaired) electrons. The number of para-hydroxylation sites is 1. The van der Waals surface area contributed by atoms with Gasteiger partial charge in [0, 0.05) is 10.8 Å². The van der Waals surface area contributed by atoms with Gasteiger partial charge in [-0.3, -0.25) is 4.79 Å². The number of hydrogen-bond acceptors (Lipinski definition) is 1. The Bertz CT molecular complexity index is 303. The van der Waals surface area contributed by atoms with Crippen LogP contribution in [0, 0.1) is 0 Å². The van der Waals surface area contributed by atoms with Gasteiger partial charge in [-0.15, -0.1) is 0 Å². The SMILES string of the molecule is O=C(CCI)Nc1ccccc1Cl. The number of amides is 1. The van der Waals surface area contributed by atoms with Gasteiger partial charge in [0.25, 0.3) is 0 Å². The lowest BCUT2D eigenvalue weighted by Crippen LogP contribution is -2.11. The Balaban J connectivity index is 2.63. The molecule has 13 heavy (non-hydrogen) atoms. The van der Waals surface area contributed by atoms with Crippen LogP contribution in [0.1, 0.15) is 6.42 Å². The van der Waals surface area contributed by atoms with Crippen molar-refractivity contribution in [3.63, 3.8) is 0 Å². The molecule has 1 aromatic carbocycles. The minimum Gasteiger partial charge on any atom is -0.325 e. The van der Waals surface area contributed by atoms with Gasteiger partial charge in [-0.2, -0.15) is 0 Å². The smallest absolute Gasteiger partial charge is 0.225 e. The molecule has 0 saturated carbocycles. The third-order valence-corrected chi connectivity index (χ3v) is 2.34. The first kappa shape index (κ1) is 10.8. The summed E-state index contributed by atoms with van der Waals surface area (Å²) < 4.78 is 0.814. The molecular formula is C9H9ClINO. The molecule has 1 aromatic rings. The number of carbonyl (C=O) groups excluding carboxylic acids is 1. The monoisotopic (exact) mass is 309 g/mol. The van der Waals surface area contributed by atoms with E-state index in [9.17, 15) is 4.79 Å². The maximum atomic E-state index is 11.2. The number of anilines is 1. The predicted octanol–water partition coefficient (Wildman–Crippen LogP) is 3.10. The first-order valence-electron chi connectivity index (χ1n) is 3.84. The highest BCUT2D eigenvalue weighted by molar-refractivity contribution is 14.1. The van der Waals surface area contributed by atoms with Gasteiger partial charge in [-0.25, -0.2) is 0 Å². The van der Waals surface area contributed by atoms with Crippen molar-refractivity contribution in [3.8, 4) is 0 Å². The van der Waals surface area contributed by atoms with Gasteiger partial charge in [0.15, 0.2) is 0 Å². The van der Waals surface area contributed by atoms with E-state index in [1.807, 2.05) is 12.1 Å². The fraction of sp³-hybridized carbons (Fsp3) is 0.222. The largest absolute Gasteiger partial charge is 0.325 e. The molecule has 0 aliphatic carbocycles. The van der Waals surface area contributed by atoms with Gasteiger partial charge in [-0.05, 0) is 12.1 Å². The van der Waals surface area contributed by atoms with Crippen LogP contribution in [0.4, 0.5) is 5.69 Å². The second kappa shape index (κ2) is 5.44. The highest BCUT2D eigenvalue weighted by Crippen LogP contribution is 2.20. The number of hydrogen-bond donors (Lipinski definition) is 1. The first-order valence-corrected chi connectivity index (χ1v) is 5.74. The Morgan fingerprint density at radius 1 is 1.46 bits per heavy atom. The second-order valence-corrected chi connectivity index (χ2v) is 3.95. The summed E-state index contributed by atoms with van der Waals surface area (Å²) >= 11 is 8.01. The molecule has 0 spiro atoms. The van der Waals surface area contributed by atoms with Crippen LogP contribution in [0.2, 0.25) is 5.02 Å². The standard InChI is InChI=1S/C9H9ClINO/c10-7-3-1-2-4-8(7)12-9(13)5-6-11/h1-4H,5-6H2,(H,12,13). The minimum atomic E-state index is 0.00231. The third-order valence-electron chi connectivity index (χ3n) is 1.47. The summed E-state index contributed by atoms with van der Waals surface area (Å²) in [5.41, 5.74) is 0.680. The Kier molecular flexibility index (Phi) is 4.52. The number of rotatable bonds is 3. The average molecular weight is 310 g/mol. The fourth-order valence-electron chi connectivity index (χ4n) is 0.861. The zero-order valence-corrected chi connectivity index (χ0v) is 9.80. The lowest BCUT2D eigenvalue weighted by atomic mass is 10.3. The normalized spacial score (nSPS) is 9.69. The van der Waals surface area contributed by atoms with E-state index < -0.39 is 0 Å². The number of alkyl halides is 1. The van der Waals surface area contributed by atoms with Crippen molar-refractivity contribution < 1.29 is 4.79 Å². The summed E-state index contributed by atoms with van der Waals surface area (Å²) in [5, 5.41) is 3.31. The van der Waals surface area contributed by atoms with Crippen LogP contribution < -0.4 is 5.32 Å². The first-order chi connectivity index (χ1) is 6.24. The highest BCUT2D eigenvalue weighted by atomic mass is 127. The quantitative estimate of drug-likeness (QED) is 0.674. The predicted molar refractivity (Wildman–Crippen MR) is 63.6 cm³/mol. The van der Waals surface area contributed by atoms with Crippen molar-refractivity contribution in [1.82, 2.24) is 0 Å². The molecule has 1 N–H and O–H groups in total. The molecule has 0 saturated heterocycles. The molecule has 0 fully saturated rings. The van der Waals surface area contributed by atoms with E-state index in [4.69, 9.17) is 11.6 Å². The maximum absolute atomic E-state index is 11.2. The Morgan fingerprint density at radius 2 is 2.15 bits per heavy atom. The fourth-order valence-corrected chi connectivity index (χ4v) is 1.53. The molecule has 0 bridgehead atoms. The van der Waals surface area contributed by atoms with Crippen molar-refractivity contribution >= 4 is 45.8 Å². The Hall–Kier alpha value is -0.290. The van der Waals surface area contributed by atoms with Crippen LogP contribution in [-0.4, -0.2) is 10.3 Å². The van der Waals surface area contributed by atoms with E-state index in [0.717, 1.165) is 4.43 Å². The lowest BCUT2D eigenvalue weighted by Gasteiger charge is -2.04. The van der Waals surface area contributed by atoms with E-state index >= 15 is 0 Å². The lowest BCUT2D eigenvalue weighted by molar-refractivity contribution is -0.115. The summed E-state index contributed by atoms with van der Waals surface area (Å²) in [4.78, 5) is 11.2. The van der Waals surface area contributed by atoms with Crippen LogP contribution in [0.5, 0.6) is 0 Å². The summed E-state index contributed by atoms with van der Waals surface area (Å²) in [6.45, 7) is 0. The van der Waals surface area contributed by atoms with Gasteiger partial charge in [0.05, 0.1) is 10.7 Å². The van der Waals surface area contributed by atoms with E-state index in [-0.39, 0.29) is 5.91 Å². The van der Waals surface area contributed by atoms with Gasteiger partial charge in [0.2, 0.25) is 5.91 Å². The molecule has 0 heterocycles. The maximum Gasteiger partial charge on any atom is 0.225 e. The summed E-state index contributed by atoms with van der Waals surface area (Å²) in [6.07, 6.45) is 0.520. The van der Waals surface area contributed by atoms with E-state index in [1.165, 1.54) is 0 Å². The van der Waals surface area contributed by atoms with Crippen LogP contribution in [-0.2, 0) is 4.79 Å². The molecule has 0 aliphatic heterocycles. The minimum absolute atomic E-state index is 0.00231. The molecule has 2 nitrogen and oxygen atoms in total. The molecule has 1 amide bonds. The van der Waals surface area contributed by atoms with E-state index in [0.29, 0.717) is 17.1 Å². The Morgan fingerprint density at radius 3 is 2.77 bits per heavy atom.